The maximum atomic E-state index is 13.2. The van der Waals surface area contributed by atoms with Gasteiger partial charge in [0.25, 0.3) is 0 Å². The third-order valence-corrected chi connectivity index (χ3v) is 4.17. The van der Waals surface area contributed by atoms with Gasteiger partial charge in [0, 0.05) is 37.7 Å². The Morgan fingerprint density at radius 1 is 1.52 bits per heavy atom. The van der Waals surface area contributed by atoms with Crippen molar-refractivity contribution < 1.29 is 4.39 Å². The van der Waals surface area contributed by atoms with Crippen LogP contribution in [0.3, 0.4) is 0 Å². The van der Waals surface area contributed by atoms with Crippen molar-refractivity contribution in [1.82, 2.24) is 15.1 Å². The van der Waals surface area contributed by atoms with Gasteiger partial charge < -0.3 is 10.6 Å². The van der Waals surface area contributed by atoms with Gasteiger partial charge in [-0.05, 0) is 24.6 Å². The van der Waals surface area contributed by atoms with Crippen molar-refractivity contribution in [2.75, 3.05) is 18.4 Å². The van der Waals surface area contributed by atoms with Gasteiger partial charge in [-0.3, -0.25) is 0 Å². The van der Waals surface area contributed by atoms with Crippen LogP contribution in [0.25, 0.3) is 0 Å². The summed E-state index contributed by atoms with van der Waals surface area (Å²) in [6.45, 7) is 4.75. The van der Waals surface area contributed by atoms with Crippen LogP contribution < -0.4 is 10.6 Å². The van der Waals surface area contributed by atoms with E-state index in [0.29, 0.717) is 5.92 Å². The fourth-order valence-corrected chi connectivity index (χ4v) is 2.76. The van der Waals surface area contributed by atoms with Crippen LogP contribution in [0.1, 0.15) is 18.5 Å². The van der Waals surface area contributed by atoms with Crippen LogP contribution in [0.5, 0.6) is 0 Å². The standard InChI is InChI=1S/C15H18ClFN4/c1-10(12-2-3-14(17)13(16)6-12)18-7-11-8-19-15-4-5-20-21(15)9-11/h2-6,10-11,18-19H,7-9H2,1H3/t10-,11-/m0/s1. The summed E-state index contributed by atoms with van der Waals surface area (Å²) in [6.07, 6.45) is 1.81. The predicted molar refractivity (Wildman–Crippen MR) is 82.0 cm³/mol. The van der Waals surface area contributed by atoms with Crippen LogP contribution in [0.15, 0.2) is 30.5 Å². The lowest BCUT2D eigenvalue weighted by atomic mass is 10.1. The lowest BCUT2D eigenvalue weighted by Gasteiger charge is -2.26. The minimum Gasteiger partial charge on any atom is -0.370 e. The Bertz CT molecular complexity index is 628. The SMILES string of the molecule is C[C@H](NC[C@H]1CNc2ccnn2C1)c1ccc(F)c(Cl)c1. The molecule has 21 heavy (non-hydrogen) atoms. The highest BCUT2D eigenvalue weighted by molar-refractivity contribution is 6.30. The lowest BCUT2D eigenvalue weighted by Crippen LogP contribution is -2.36. The molecule has 3 rings (SSSR count). The van der Waals surface area contributed by atoms with Gasteiger partial charge in [0.1, 0.15) is 11.6 Å². The van der Waals surface area contributed by atoms with E-state index < -0.39 is 0 Å². The van der Waals surface area contributed by atoms with E-state index in [0.717, 1.165) is 31.0 Å². The molecular formula is C15H18ClFN4. The molecule has 0 aliphatic carbocycles. The molecule has 0 amide bonds. The number of aromatic nitrogens is 2. The Labute approximate surface area is 128 Å². The van der Waals surface area contributed by atoms with Crippen molar-refractivity contribution in [2.24, 2.45) is 5.92 Å². The zero-order valence-electron chi connectivity index (χ0n) is 11.8. The van der Waals surface area contributed by atoms with Gasteiger partial charge in [-0.1, -0.05) is 17.7 Å². The highest BCUT2D eigenvalue weighted by Crippen LogP contribution is 2.21. The van der Waals surface area contributed by atoms with Crippen molar-refractivity contribution in [3.63, 3.8) is 0 Å². The summed E-state index contributed by atoms with van der Waals surface area (Å²) in [7, 11) is 0. The number of hydrogen-bond donors (Lipinski definition) is 2. The molecule has 0 fully saturated rings. The molecule has 0 bridgehead atoms. The van der Waals surface area contributed by atoms with E-state index in [1.165, 1.54) is 6.07 Å². The molecule has 4 nitrogen and oxygen atoms in total. The van der Waals surface area contributed by atoms with E-state index in [1.54, 1.807) is 18.3 Å². The Hall–Kier alpha value is -1.59. The molecule has 2 aromatic rings. The number of rotatable bonds is 4. The van der Waals surface area contributed by atoms with E-state index in [2.05, 4.69) is 22.7 Å². The zero-order chi connectivity index (χ0) is 14.8. The van der Waals surface area contributed by atoms with E-state index in [9.17, 15) is 4.39 Å². The number of nitrogens with one attached hydrogen (secondary N) is 2. The molecule has 0 unspecified atom stereocenters. The first-order valence-electron chi connectivity index (χ1n) is 7.07. The van der Waals surface area contributed by atoms with Crippen molar-refractivity contribution in [1.29, 1.82) is 0 Å². The number of hydrogen-bond acceptors (Lipinski definition) is 3. The van der Waals surface area contributed by atoms with E-state index in [1.807, 2.05) is 10.7 Å². The summed E-state index contributed by atoms with van der Waals surface area (Å²) < 4.78 is 15.2. The summed E-state index contributed by atoms with van der Waals surface area (Å²) in [5.74, 6) is 1.16. The molecule has 2 atom stereocenters. The number of fused-ring (bicyclic) bond motifs is 1. The molecule has 0 spiro atoms. The number of benzene rings is 1. The highest BCUT2D eigenvalue weighted by atomic mass is 35.5. The fraction of sp³-hybridized carbons (Fsp3) is 0.400. The summed E-state index contributed by atoms with van der Waals surface area (Å²) in [5, 5.41) is 11.3. The Balaban J connectivity index is 1.56. The van der Waals surface area contributed by atoms with Crippen LogP contribution in [-0.4, -0.2) is 22.9 Å². The topological polar surface area (TPSA) is 41.9 Å². The molecule has 112 valence electrons. The zero-order valence-corrected chi connectivity index (χ0v) is 12.6. The number of halogens is 2. The molecule has 6 heteroatoms. The van der Waals surface area contributed by atoms with Crippen molar-refractivity contribution in [3.05, 3.63) is 46.9 Å². The van der Waals surface area contributed by atoms with Crippen LogP contribution in [0.2, 0.25) is 5.02 Å². The molecule has 1 aliphatic rings. The van der Waals surface area contributed by atoms with Gasteiger partial charge in [0.2, 0.25) is 0 Å². The summed E-state index contributed by atoms with van der Waals surface area (Å²) in [4.78, 5) is 0. The van der Waals surface area contributed by atoms with Gasteiger partial charge in [-0.2, -0.15) is 5.10 Å². The molecule has 1 aliphatic heterocycles. The minimum atomic E-state index is -0.379. The first-order valence-corrected chi connectivity index (χ1v) is 7.45. The third kappa shape index (κ3) is 3.19. The highest BCUT2D eigenvalue weighted by Gasteiger charge is 2.19. The lowest BCUT2D eigenvalue weighted by molar-refractivity contribution is 0.376. The maximum Gasteiger partial charge on any atom is 0.141 e. The smallest absolute Gasteiger partial charge is 0.141 e. The molecule has 2 heterocycles. The molecular weight excluding hydrogens is 291 g/mol. The quantitative estimate of drug-likeness (QED) is 0.912. The third-order valence-electron chi connectivity index (χ3n) is 3.88. The maximum absolute atomic E-state index is 13.2. The van der Waals surface area contributed by atoms with Crippen LogP contribution in [0, 0.1) is 11.7 Å². The average molecular weight is 309 g/mol. The molecule has 2 N–H and O–H groups in total. The first-order chi connectivity index (χ1) is 10.1. The molecule has 0 saturated heterocycles. The first kappa shape index (κ1) is 14.4. The monoisotopic (exact) mass is 308 g/mol. The second-order valence-electron chi connectivity index (χ2n) is 5.45. The Morgan fingerprint density at radius 2 is 2.38 bits per heavy atom. The van der Waals surface area contributed by atoms with Gasteiger partial charge in [-0.15, -0.1) is 0 Å². The van der Waals surface area contributed by atoms with Crippen molar-refractivity contribution in [2.45, 2.75) is 19.5 Å². The van der Waals surface area contributed by atoms with Crippen LogP contribution in [-0.2, 0) is 6.54 Å². The van der Waals surface area contributed by atoms with Gasteiger partial charge in [-0.25, -0.2) is 9.07 Å². The minimum absolute atomic E-state index is 0.127. The van der Waals surface area contributed by atoms with Crippen LogP contribution in [0.4, 0.5) is 10.2 Å². The Kier molecular flexibility index (Phi) is 4.12. The van der Waals surface area contributed by atoms with Gasteiger partial charge in [0.05, 0.1) is 11.2 Å². The average Bonchev–Trinajstić information content (AvgIpc) is 2.95. The van der Waals surface area contributed by atoms with Crippen LogP contribution >= 0.6 is 11.6 Å². The number of nitrogens with zero attached hydrogens (tertiary/aromatic N) is 2. The molecule has 0 radical (unpaired) electrons. The number of anilines is 1. The predicted octanol–water partition coefficient (Wildman–Crippen LogP) is 3.07. The van der Waals surface area contributed by atoms with Crippen molar-refractivity contribution in [3.8, 4) is 0 Å². The largest absolute Gasteiger partial charge is 0.370 e. The summed E-state index contributed by atoms with van der Waals surface area (Å²) >= 11 is 5.83. The molecule has 1 aromatic carbocycles. The molecule has 1 aromatic heterocycles. The van der Waals surface area contributed by atoms with Gasteiger partial charge in [0.15, 0.2) is 0 Å². The summed E-state index contributed by atoms with van der Waals surface area (Å²) in [5.41, 5.74) is 0.991. The summed E-state index contributed by atoms with van der Waals surface area (Å²) in [6, 6.07) is 6.96. The Morgan fingerprint density at radius 3 is 3.19 bits per heavy atom. The van der Waals surface area contributed by atoms with Crippen molar-refractivity contribution >= 4 is 17.4 Å². The fourth-order valence-electron chi connectivity index (χ4n) is 2.57. The second kappa shape index (κ2) is 6.03. The van der Waals surface area contributed by atoms with E-state index >= 15 is 0 Å². The van der Waals surface area contributed by atoms with E-state index in [-0.39, 0.29) is 16.9 Å². The van der Waals surface area contributed by atoms with E-state index in [4.69, 9.17) is 11.6 Å². The normalized spacial score (nSPS) is 18.9. The van der Waals surface area contributed by atoms with Gasteiger partial charge >= 0.3 is 0 Å². The molecule has 0 saturated carbocycles. The second-order valence-corrected chi connectivity index (χ2v) is 5.86.